The molecule has 2 fully saturated rings. The number of aliphatic carboxylic acids is 1. The summed E-state index contributed by atoms with van der Waals surface area (Å²) in [6, 6.07) is -1.32. The molecule has 1 saturated heterocycles. The number of carboxylic acids is 1. The number of carboxylic acid groups (broad SMARTS) is 1. The number of nitrogens with zero attached hydrogens (tertiary/aromatic N) is 1. The maximum atomic E-state index is 12.4. The smallest absolute Gasteiger partial charge is 0.471 e. The van der Waals surface area contributed by atoms with Crippen molar-refractivity contribution in [3.05, 3.63) is 0 Å². The minimum Gasteiger partial charge on any atom is -0.480 e. The Morgan fingerprint density at radius 3 is 2.41 bits per heavy atom. The minimum atomic E-state index is -5.00. The number of rotatable bonds is 1. The third kappa shape index (κ3) is 2.10. The van der Waals surface area contributed by atoms with Gasteiger partial charge in [0.25, 0.3) is 0 Å². The molecule has 2 rings (SSSR count). The van der Waals surface area contributed by atoms with Crippen molar-refractivity contribution in [2.45, 2.75) is 31.5 Å². The van der Waals surface area contributed by atoms with Gasteiger partial charge in [0.05, 0.1) is 0 Å². The van der Waals surface area contributed by atoms with Gasteiger partial charge < -0.3 is 10.0 Å². The quantitative estimate of drug-likeness (QED) is 0.763. The average molecular weight is 251 g/mol. The molecule has 0 radical (unpaired) electrons. The zero-order chi connectivity index (χ0) is 12.8. The van der Waals surface area contributed by atoms with E-state index in [0.29, 0.717) is 24.2 Å². The minimum absolute atomic E-state index is 0.0156. The summed E-state index contributed by atoms with van der Waals surface area (Å²) in [7, 11) is 0. The molecule has 0 aromatic heterocycles. The Labute approximate surface area is 95.4 Å². The predicted molar refractivity (Wildman–Crippen MR) is 50.0 cm³/mol. The highest BCUT2D eigenvalue weighted by atomic mass is 19.4. The third-order valence-corrected chi connectivity index (χ3v) is 3.58. The molecule has 2 bridgehead atoms. The average Bonchev–Trinajstić information content (AvgIpc) is 2.56. The van der Waals surface area contributed by atoms with E-state index in [9.17, 15) is 22.8 Å². The van der Waals surface area contributed by atoms with E-state index in [1.54, 1.807) is 0 Å². The molecule has 1 amide bonds. The van der Waals surface area contributed by atoms with Crippen molar-refractivity contribution < 1.29 is 27.9 Å². The number of amides is 1. The van der Waals surface area contributed by atoms with E-state index >= 15 is 0 Å². The summed E-state index contributed by atoms with van der Waals surface area (Å²) in [5, 5.41) is 8.98. The molecule has 3 unspecified atom stereocenters. The summed E-state index contributed by atoms with van der Waals surface area (Å²) in [6.07, 6.45) is -3.09. The van der Waals surface area contributed by atoms with Crippen LogP contribution in [0.1, 0.15) is 19.3 Å². The van der Waals surface area contributed by atoms with Gasteiger partial charge in [0.15, 0.2) is 0 Å². The lowest BCUT2D eigenvalue weighted by Gasteiger charge is -2.37. The van der Waals surface area contributed by atoms with E-state index in [2.05, 4.69) is 0 Å². The van der Waals surface area contributed by atoms with E-state index in [1.807, 2.05) is 0 Å². The molecule has 3 atom stereocenters. The van der Waals surface area contributed by atoms with E-state index < -0.39 is 24.1 Å². The summed E-state index contributed by atoms with van der Waals surface area (Å²) in [5.41, 5.74) is 0. The first kappa shape index (κ1) is 12.2. The molecule has 1 N–H and O–H groups in total. The van der Waals surface area contributed by atoms with Crippen molar-refractivity contribution in [2.75, 3.05) is 6.54 Å². The van der Waals surface area contributed by atoms with Crippen LogP contribution in [-0.4, -0.2) is 40.6 Å². The van der Waals surface area contributed by atoms with Crippen LogP contribution in [0.3, 0.4) is 0 Å². The number of piperidine rings is 1. The Kier molecular flexibility index (Phi) is 2.79. The number of fused-ring (bicyclic) bond motifs is 2. The van der Waals surface area contributed by atoms with Crippen LogP contribution in [0.2, 0.25) is 0 Å². The van der Waals surface area contributed by atoms with Crippen LogP contribution in [0.25, 0.3) is 0 Å². The van der Waals surface area contributed by atoms with Crippen molar-refractivity contribution in [1.82, 2.24) is 4.90 Å². The fourth-order valence-corrected chi connectivity index (χ4v) is 2.92. The molecule has 1 saturated carbocycles. The van der Waals surface area contributed by atoms with Gasteiger partial charge in [-0.2, -0.15) is 13.2 Å². The Morgan fingerprint density at radius 1 is 1.24 bits per heavy atom. The fraction of sp³-hybridized carbons (Fsp3) is 0.800. The van der Waals surface area contributed by atoms with E-state index in [1.165, 1.54) is 0 Å². The summed E-state index contributed by atoms with van der Waals surface area (Å²) in [6.45, 7) is -0.0915. The number of carbonyl (C=O) groups excluding carboxylic acids is 1. The van der Waals surface area contributed by atoms with E-state index in [-0.39, 0.29) is 18.4 Å². The van der Waals surface area contributed by atoms with Crippen LogP contribution < -0.4 is 0 Å². The standard InChI is InChI=1S/C10H12F3NO3/c11-10(12,13)9(17)14-4-5-1-2-6(3-5)7(14)8(15)16/h5-7H,1-4H2,(H,15,16). The number of carbonyl (C=O) groups is 2. The molecule has 96 valence electrons. The van der Waals surface area contributed by atoms with Gasteiger partial charge >= 0.3 is 18.1 Å². The lowest BCUT2D eigenvalue weighted by Crippen LogP contribution is -2.56. The van der Waals surface area contributed by atoms with Gasteiger partial charge in [0, 0.05) is 6.54 Å². The van der Waals surface area contributed by atoms with Crippen LogP contribution >= 0.6 is 0 Å². The first-order valence-corrected chi connectivity index (χ1v) is 5.41. The summed E-state index contributed by atoms with van der Waals surface area (Å²) in [4.78, 5) is 22.7. The molecule has 1 aliphatic heterocycles. The Hall–Kier alpha value is -1.27. The highest BCUT2D eigenvalue weighted by Gasteiger charge is 2.52. The lowest BCUT2D eigenvalue weighted by atomic mass is 9.90. The Balaban J connectivity index is 2.25. The van der Waals surface area contributed by atoms with Crippen molar-refractivity contribution in [2.24, 2.45) is 11.8 Å². The fourth-order valence-electron chi connectivity index (χ4n) is 2.92. The van der Waals surface area contributed by atoms with Crippen molar-refractivity contribution in [3.63, 3.8) is 0 Å². The monoisotopic (exact) mass is 251 g/mol. The van der Waals surface area contributed by atoms with E-state index in [0.717, 1.165) is 0 Å². The topological polar surface area (TPSA) is 57.6 Å². The number of alkyl halides is 3. The van der Waals surface area contributed by atoms with E-state index in [4.69, 9.17) is 5.11 Å². The molecule has 0 aromatic carbocycles. The van der Waals surface area contributed by atoms with Crippen LogP contribution in [0.4, 0.5) is 13.2 Å². The van der Waals surface area contributed by atoms with Crippen LogP contribution in [-0.2, 0) is 9.59 Å². The van der Waals surface area contributed by atoms with Gasteiger partial charge in [0.1, 0.15) is 6.04 Å². The van der Waals surface area contributed by atoms with Gasteiger partial charge in [-0.05, 0) is 31.1 Å². The van der Waals surface area contributed by atoms with Crippen molar-refractivity contribution in [1.29, 1.82) is 0 Å². The van der Waals surface area contributed by atoms with Crippen molar-refractivity contribution >= 4 is 11.9 Å². The van der Waals surface area contributed by atoms with Crippen LogP contribution in [0.5, 0.6) is 0 Å². The van der Waals surface area contributed by atoms with Gasteiger partial charge in [-0.3, -0.25) is 4.79 Å². The summed E-state index contributed by atoms with van der Waals surface area (Å²) >= 11 is 0. The second-order valence-electron chi connectivity index (χ2n) is 4.68. The molecular weight excluding hydrogens is 239 g/mol. The maximum absolute atomic E-state index is 12.4. The number of hydrogen-bond donors (Lipinski definition) is 1. The Bertz CT molecular complexity index is 355. The molecular formula is C10H12F3NO3. The molecule has 4 nitrogen and oxygen atoms in total. The lowest BCUT2D eigenvalue weighted by molar-refractivity contribution is -0.193. The van der Waals surface area contributed by atoms with Gasteiger partial charge in [-0.25, -0.2) is 4.79 Å². The molecule has 2 aliphatic rings. The first-order valence-electron chi connectivity index (χ1n) is 5.41. The molecule has 1 aliphatic carbocycles. The summed E-state index contributed by atoms with van der Waals surface area (Å²) < 4.78 is 37.1. The molecule has 0 spiro atoms. The van der Waals surface area contributed by atoms with Gasteiger partial charge in [0.2, 0.25) is 0 Å². The number of likely N-dealkylation sites (tertiary alicyclic amines) is 1. The molecule has 17 heavy (non-hydrogen) atoms. The number of hydrogen-bond acceptors (Lipinski definition) is 2. The first-order chi connectivity index (χ1) is 7.80. The zero-order valence-electron chi connectivity index (χ0n) is 8.91. The second-order valence-corrected chi connectivity index (χ2v) is 4.68. The normalized spacial score (nSPS) is 32.6. The predicted octanol–water partition coefficient (Wildman–Crippen LogP) is 1.26. The molecule has 1 heterocycles. The van der Waals surface area contributed by atoms with Crippen molar-refractivity contribution in [3.8, 4) is 0 Å². The Morgan fingerprint density at radius 2 is 1.88 bits per heavy atom. The summed E-state index contributed by atoms with van der Waals surface area (Å²) in [5.74, 6) is -3.69. The molecule has 0 aromatic rings. The highest BCUT2D eigenvalue weighted by molar-refractivity contribution is 5.87. The second kappa shape index (κ2) is 3.89. The number of halogens is 3. The van der Waals surface area contributed by atoms with Gasteiger partial charge in [-0.1, -0.05) is 0 Å². The van der Waals surface area contributed by atoms with Crippen LogP contribution in [0.15, 0.2) is 0 Å². The zero-order valence-corrected chi connectivity index (χ0v) is 8.91. The highest BCUT2D eigenvalue weighted by Crippen LogP contribution is 2.41. The maximum Gasteiger partial charge on any atom is 0.471 e. The van der Waals surface area contributed by atoms with Gasteiger partial charge in [-0.15, -0.1) is 0 Å². The SMILES string of the molecule is O=C(O)C1C2CCC(C2)CN1C(=O)C(F)(F)F. The molecule has 7 heteroatoms. The largest absolute Gasteiger partial charge is 0.480 e. The van der Waals surface area contributed by atoms with Crippen LogP contribution in [0, 0.1) is 11.8 Å². The third-order valence-electron chi connectivity index (χ3n) is 3.58.